The van der Waals surface area contributed by atoms with Gasteiger partial charge in [-0.15, -0.1) is 5.10 Å². The molecule has 0 spiro atoms. The Morgan fingerprint density at radius 3 is 2.53 bits per heavy atom. The van der Waals surface area contributed by atoms with E-state index in [-0.39, 0.29) is 5.95 Å². The van der Waals surface area contributed by atoms with Gasteiger partial charge >= 0.3 is 0 Å². The van der Waals surface area contributed by atoms with E-state index in [1.807, 2.05) is 0 Å². The van der Waals surface area contributed by atoms with Gasteiger partial charge in [-0.25, -0.2) is 4.98 Å². The van der Waals surface area contributed by atoms with Crippen molar-refractivity contribution in [3.05, 3.63) is 35.2 Å². The summed E-state index contributed by atoms with van der Waals surface area (Å²) < 4.78 is 0. The van der Waals surface area contributed by atoms with Gasteiger partial charge in [0.1, 0.15) is 0 Å². The standard InChI is InChI=1S/C12H14N6O/c1-6-7(2)17-18-12(15-6)16-11(19)9-4-3-8(13)5-10(9)14/h3-5H,13-14H2,1-2H3,(H,15,16,18,19). The van der Waals surface area contributed by atoms with E-state index in [1.54, 1.807) is 26.0 Å². The largest absolute Gasteiger partial charge is 0.399 e. The van der Waals surface area contributed by atoms with E-state index in [0.29, 0.717) is 28.3 Å². The summed E-state index contributed by atoms with van der Waals surface area (Å²) in [6, 6.07) is 4.67. The molecule has 7 heteroatoms. The van der Waals surface area contributed by atoms with Crippen LogP contribution in [0, 0.1) is 13.8 Å². The van der Waals surface area contributed by atoms with Crippen LogP contribution in [0.2, 0.25) is 0 Å². The Labute approximate surface area is 110 Å². The highest BCUT2D eigenvalue weighted by Gasteiger charge is 2.12. The zero-order chi connectivity index (χ0) is 14.0. The van der Waals surface area contributed by atoms with Crippen LogP contribution in [0.15, 0.2) is 18.2 Å². The lowest BCUT2D eigenvalue weighted by molar-refractivity contribution is 0.102. The van der Waals surface area contributed by atoms with Crippen molar-refractivity contribution >= 4 is 23.2 Å². The number of carbonyl (C=O) groups is 1. The average Bonchev–Trinajstić information content (AvgIpc) is 2.33. The number of carbonyl (C=O) groups excluding carboxylic acids is 1. The molecule has 0 bridgehead atoms. The Morgan fingerprint density at radius 1 is 1.16 bits per heavy atom. The number of amides is 1. The SMILES string of the molecule is Cc1nnc(NC(=O)c2ccc(N)cc2N)nc1C. The van der Waals surface area contributed by atoms with Crippen molar-refractivity contribution in [2.24, 2.45) is 0 Å². The Hall–Kier alpha value is -2.70. The highest BCUT2D eigenvalue weighted by Crippen LogP contribution is 2.16. The topological polar surface area (TPSA) is 120 Å². The number of nitrogens with one attached hydrogen (secondary N) is 1. The number of rotatable bonds is 2. The van der Waals surface area contributed by atoms with Gasteiger partial charge in [-0.1, -0.05) is 0 Å². The molecule has 5 N–H and O–H groups in total. The van der Waals surface area contributed by atoms with Crippen LogP contribution in [0.4, 0.5) is 17.3 Å². The minimum Gasteiger partial charge on any atom is -0.399 e. The van der Waals surface area contributed by atoms with Crippen molar-refractivity contribution < 1.29 is 4.79 Å². The summed E-state index contributed by atoms with van der Waals surface area (Å²) in [4.78, 5) is 16.1. The number of nitrogen functional groups attached to an aromatic ring is 2. The van der Waals surface area contributed by atoms with Gasteiger partial charge in [-0.2, -0.15) is 5.10 Å². The highest BCUT2D eigenvalue weighted by atomic mass is 16.1. The molecule has 0 fully saturated rings. The van der Waals surface area contributed by atoms with Crippen molar-refractivity contribution in [1.29, 1.82) is 0 Å². The first-order chi connectivity index (χ1) is 8.97. The zero-order valence-electron chi connectivity index (χ0n) is 10.6. The van der Waals surface area contributed by atoms with Crippen LogP contribution < -0.4 is 16.8 Å². The Balaban J connectivity index is 2.23. The Morgan fingerprint density at radius 2 is 1.89 bits per heavy atom. The van der Waals surface area contributed by atoms with Crippen molar-refractivity contribution in [3.8, 4) is 0 Å². The fourth-order valence-electron chi connectivity index (χ4n) is 1.47. The van der Waals surface area contributed by atoms with Gasteiger partial charge in [0.05, 0.1) is 17.0 Å². The average molecular weight is 258 g/mol. The highest BCUT2D eigenvalue weighted by molar-refractivity contribution is 6.07. The number of nitrogens with zero attached hydrogens (tertiary/aromatic N) is 3. The molecule has 19 heavy (non-hydrogen) atoms. The van der Waals surface area contributed by atoms with Crippen molar-refractivity contribution in [2.45, 2.75) is 13.8 Å². The lowest BCUT2D eigenvalue weighted by Crippen LogP contribution is -2.17. The van der Waals surface area contributed by atoms with Crippen molar-refractivity contribution in [3.63, 3.8) is 0 Å². The molecule has 0 unspecified atom stereocenters. The van der Waals surface area contributed by atoms with Gasteiger partial charge in [0.25, 0.3) is 5.91 Å². The lowest BCUT2D eigenvalue weighted by atomic mass is 10.1. The van der Waals surface area contributed by atoms with Gasteiger partial charge in [-0.3, -0.25) is 10.1 Å². The molecule has 0 saturated heterocycles. The van der Waals surface area contributed by atoms with E-state index in [0.717, 1.165) is 0 Å². The van der Waals surface area contributed by atoms with Crippen LogP contribution in [0.25, 0.3) is 0 Å². The molecule has 2 aromatic rings. The van der Waals surface area contributed by atoms with Crippen LogP contribution >= 0.6 is 0 Å². The first-order valence-electron chi connectivity index (χ1n) is 5.61. The maximum absolute atomic E-state index is 12.0. The summed E-state index contributed by atoms with van der Waals surface area (Å²) in [5, 5.41) is 10.2. The van der Waals surface area contributed by atoms with Crippen LogP contribution in [-0.2, 0) is 0 Å². The molecule has 0 aliphatic carbocycles. The molecule has 7 nitrogen and oxygen atoms in total. The summed E-state index contributed by atoms with van der Waals surface area (Å²) in [6.07, 6.45) is 0. The summed E-state index contributed by atoms with van der Waals surface area (Å²) in [5.41, 5.74) is 13.8. The number of aromatic nitrogens is 3. The van der Waals surface area contributed by atoms with Gasteiger partial charge in [-0.05, 0) is 32.0 Å². The van der Waals surface area contributed by atoms with Crippen molar-refractivity contribution in [1.82, 2.24) is 15.2 Å². The third-order valence-electron chi connectivity index (χ3n) is 2.64. The van der Waals surface area contributed by atoms with Crippen molar-refractivity contribution in [2.75, 3.05) is 16.8 Å². The Bertz CT molecular complexity index is 640. The molecule has 2 rings (SSSR count). The van der Waals surface area contributed by atoms with Crippen LogP contribution in [0.3, 0.4) is 0 Å². The first-order valence-corrected chi connectivity index (χ1v) is 5.61. The number of aryl methyl sites for hydroxylation is 2. The number of hydrogen-bond donors (Lipinski definition) is 3. The summed E-state index contributed by atoms with van der Waals surface area (Å²) in [6.45, 7) is 3.58. The minimum absolute atomic E-state index is 0.143. The first kappa shape index (κ1) is 12.7. The van der Waals surface area contributed by atoms with E-state index < -0.39 is 5.91 Å². The molecule has 0 atom stereocenters. The molecular weight excluding hydrogens is 244 g/mol. The predicted molar refractivity (Wildman–Crippen MR) is 72.5 cm³/mol. The molecule has 0 aliphatic heterocycles. The molecular formula is C12H14N6O. The normalized spacial score (nSPS) is 10.2. The second-order valence-corrected chi connectivity index (χ2v) is 4.11. The second kappa shape index (κ2) is 4.89. The van der Waals surface area contributed by atoms with Gasteiger partial charge < -0.3 is 11.5 Å². The smallest absolute Gasteiger partial charge is 0.260 e. The third kappa shape index (κ3) is 2.76. The van der Waals surface area contributed by atoms with Gasteiger partial charge in [0.2, 0.25) is 5.95 Å². The quantitative estimate of drug-likeness (QED) is 0.688. The van der Waals surface area contributed by atoms with Crippen LogP contribution in [0.1, 0.15) is 21.7 Å². The molecule has 1 aromatic heterocycles. The van der Waals surface area contributed by atoms with E-state index >= 15 is 0 Å². The summed E-state index contributed by atoms with van der Waals surface area (Å²) in [5.74, 6) is -0.258. The summed E-state index contributed by atoms with van der Waals surface area (Å²) >= 11 is 0. The van der Waals surface area contributed by atoms with E-state index in [1.165, 1.54) is 6.07 Å². The fourth-order valence-corrected chi connectivity index (χ4v) is 1.47. The van der Waals surface area contributed by atoms with Crippen LogP contribution in [0.5, 0.6) is 0 Å². The lowest BCUT2D eigenvalue weighted by Gasteiger charge is -2.07. The molecule has 1 amide bonds. The van der Waals surface area contributed by atoms with E-state index in [2.05, 4.69) is 20.5 Å². The number of anilines is 3. The maximum Gasteiger partial charge on any atom is 0.260 e. The monoisotopic (exact) mass is 258 g/mol. The molecule has 0 saturated carbocycles. The molecule has 0 radical (unpaired) electrons. The maximum atomic E-state index is 12.0. The predicted octanol–water partition coefficient (Wildman–Crippen LogP) is 0.905. The molecule has 1 aromatic carbocycles. The second-order valence-electron chi connectivity index (χ2n) is 4.11. The minimum atomic E-state index is -0.400. The van der Waals surface area contributed by atoms with Gasteiger partial charge in [0.15, 0.2) is 0 Å². The van der Waals surface area contributed by atoms with E-state index in [9.17, 15) is 4.79 Å². The third-order valence-corrected chi connectivity index (χ3v) is 2.64. The zero-order valence-corrected chi connectivity index (χ0v) is 10.6. The molecule has 0 aliphatic rings. The van der Waals surface area contributed by atoms with Gasteiger partial charge in [0, 0.05) is 11.4 Å². The summed E-state index contributed by atoms with van der Waals surface area (Å²) in [7, 11) is 0. The van der Waals surface area contributed by atoms with E-state index in [4.69, 9.17) is 11.5 Å². The molecule has 1 heterocycles. The molecule has 98 valence electrons. The van der Waals surface area contributed by atoms with Crippen LogP contribution in [-0.4, -0.2) is 21.1 Å². The fraction of sp³-hybridized carbons (Fsp3) is 0.167. The Kier molecular flexibility index (Phi) is 3.28. The number of benzene rings is 1. The number of nitrogens with two attached hydrogens (primary N) is 2. The number of hydrogen-bond acceptors (Lipinski definition) is 6.